The Labute approximate surface area is 97.1 Å². The van der Waals surface area contributed by atoms with Gasteiger partial charge in [0.25, 0.3) is 0 Å². The molecule has 0 aliphatic heterocycles. The maximum Gasteiger partial charge on any atom is 0.165 e. The topological polar surface area (TPSA) is 30.5 Å². The lowest BCUT2D eigenvalue weighted by atomic mass is 10.0. The maximum absolute atomic E-state index is 5.40. The van der Waals surface area contributed by atoms with Crippen LogP contribution in [0, 0.1) is 0 Å². The quantitative estimate of drug-likeness (QED) is 0.749. The zero-order chi connectivity index (χ0) is 12.0. The fourth-order valence-electron chi connectivity index (χ4n) is 1.75. The third-order valence-electron chi connectivity index (χ3n) is 2.56. The predicted molar refractivity (Wildman–Crippen MR) is 66.2 cm³/mol. The Kier molecular flexibility index (Phi) is 4.86. The minimum absolute atomic E-state index is 0.197. The van der Waals surface area contributed by atoms with Gasteiger partial charge in [-0.05, 0) is 19.5 Å². The van der Waals surface area contributed by atoms with E-state index in [0.29, 0.717) is 0 Å². The molecule has 0 fully saturated rings. The molecule has 1 rings (SSSR count). The minimum Gasteiger partial charge on any atom is -0.493 e. The van der Waals surface area contributed by atoms with Crippen molar-refractivity contribution in [3.63, 3.8) is 0 Å². The number of rotatable bonds is 6. The first-order chi connectivity index (χ1) is 7.78. The summed E-state index contributed by atoms with van der Waals surface area (Å²) in [6, 6.07) is 6.08. The Morgan fingerprint density at radius 3 is 2.62 bits per heavy atom. The highest BCUT2D eigenvalue weighted by Crippen LogP contribution is 2.35. The van der Waals surface area contributed by atoms with Crippen LogP contribution in [-0.2, 0) is 0 Å². The number of para-hydroxylation sites is 1. The number of hydrogen-bond donors (Lipinski definition) is 1. The Morgan fingerprint density at radius 1 is 1.38 bits per heavy atom. The molecule has 0 amide bonds. The van der Waals surface area contributed by atoms with Gasteiger partial charge >= 0.3 is 0 Å². The predicted octanol–water partition coefficient (Wildman–Crippen LogP) is 2.54. The zero-order valence-electron chi connectivity index (χ0n) is 10.1. The number of methoxy groups -OCH3 is 2. The van der Waals surface area contributed by atoms with Gasteiger partial charge in [-0.3, -0.25) is 0 Å². The zero-order valence-corrected chi connectivity index (χ0v) is 10.1. The van der Waals surface area contributed by atoms with Crippen molar-refractivity contribution in [3.8, 4) is 11.5 Å². The van der Waals surface area contributed by atoms with Crippen molar-refractivity contribution in [1.82, 2.24) is 5.32 Å². The van der Waals surface area contributed by atoms with E-state index in [1.807, 2.05) is 31.3 Å². The summed E-state index contributed by atoms with van der Waals surface area (Å²) in [5.74, 6) is 1.54. The molecule has 0 aliphatic carbocycles. The Bertz CT molecular complexity index is 350. The number of hydrogen-bond acceptors (Lipinski definition) is 3. The summed E-state index contributed by atoms with van der Waals surface area (Å²) in [5, 5.41) is 3.24. The van der Waals surface area contributed by atoms with Crippen LogP contribution in [0.15, 0.2) is 30.9 Å². The fraction of sp³-hybridized carbons (Fsp3) is 0.385. The first kappa shape index (κ1) is 12.6. The third kappa shape index (κ3) is 2.55. The van der Waals surface area contributed by atoms with E-state index in [2.05, 4.69) is 11.9 Å². The Hall–Kier alpha value is -1.48. The first-order valence-corrected chi connectivity index (χ1v) is 5.27. The van der Waals surface area contributed by atoms with Gasteiger partial charge in [-0.1, -0.05) is 18.2 Å². The molecule has 1 aromatic rings. The normalized spacial score (nSPS) is 11.9. The van der Waals surface area contributed by atoms with Crippen molar-refractivity contribution in [2.45, 2.75) is 12.5 Å². The van der Waals surface area contributed by atoms with E-state index in [1.54, 1.807) is 14.2 Å². The van der Waals surface area contributed by atoms with Crippen LogP contribution in [0.25, 0.3) is 0 Å². The number of ether oxygens (including phenoxy) is 2. The molecular formula is C13H19NO2. The lowest BCUT2D eigenvalue weighted by Gasteiger charge is -2.19. The van der Waals surface area contributed by atoms with Crippen molar-refractivity contribution >= 4 is 0 Å². The lowest BCUT2D eigenvalue weighted by Crippen LogP contribution is -2.16. The van der Waals surface area contributed by atoms with E-state index >= 15 is 0 Å². The summed E-state index contributed by atoms with van der Waals surface area (Å²) in [5.41, 5.74) is 1.09. The first-order valence-electron chi connectivity index (χ1n) is 5.27. The van der Waals surface area contributed by atoms with E-state index in [4.69, 9.17) is 9.47 Å². The molecule has 0 aromatic heterocycles. The molecule has 0 saturated carbocycles. The lowest BCUT2D eigenvalue weighted by molar-refractivity contribution is 0.347. The molecule has 88 valence electrons. The molecule has 0 saturated heterocycles. The van der Waals surface area contributed by atoms with Gasteiger partial charge in [-0.15, -0.1) is 6.58 Å². The summed E-state index contributed by atoms with van der Waals surface area (Å²) in [7, 11) is 5.22. The molecule has 16 heavy (non-hydrogen) atoms. The Balaban J connectivity index is 3.14. The summed E-state index contributed by atoms with van der Waals surface area (Å²) < 4.78 is 10.7. The molecular weight excluding hydrogens is 202 g/mol. The van der Waals surface area contributed by atoms with Crippen LogP contribution >= 0.6 is 0 Å². The van der Waals surface area contributed by atoms with Gasteiger partial charge in [0.2, 0.25) is 0 Å². The van der Waals surface area contributed by atoms with E-state index in [9.17, 15) is 0 Å². The van der Waals surface area contributed by atoms with E-state index in [0.717, 1.165) is 23.5 Å². The molecule has 0 radical (unpaired) electrons. The molecule has 0 heterocycles. The molecule has 3 heteroatoms. The van der Waals surface area contributed by atoms with Crippen LogP contribution in [0.4, 0.5) is 0 Å². The number of nitrogens with one attached hydrogen (secondary N) is 1. The SMILES string of the molecule is C=CCC(NC)c1cccc(OC)c1OC. The second kappa shape index (κ2) is 6.18. The molecule has 1 aromatic carbocycles. The Morgan fingerprint density at radius 2 is 2.12 bits per heavy atom. The molecule has 1 N–H and O–H groups in total. The molecule has 3 nitrogen and oxygen atoms in total. The number of benzene rings is 1. The van der Waals surface area contributed by atoms with E-state index < -0.39 is 0 Å². The van der Waals surface area contributed by atoms with Crippen LogP contribution in [-0.4, -0.2) is 21.3 Å². The molecule has 1 atom stereocenters. The van der Waals surface area contributed by atoms with E-state index in [1.165, 1.54) is 0 Å². The monoisotopic (exact) mass is 221 g/mol. The molecule has 0 bridgehead atoms. The van der Waals surface area contributed by atoms with Crippen molar-refractivity contribution < 1.29 is 9.47 Å². The average Bonchev–Trinajstić information content (AvgIpc) is 2.34. The van der Waals surface area contributed by atoms with Crippen molar-refractivity contribution in [2.75, 3.05) is 21.3 Å². The highest BCUT2D eigenvalue weighted by atomic mass is 16.5. The van der Waals surface area contributed by atoms with E-state index in [-0.39, 0.29) is 6.04 Å². The van der Waals surface area contributed by atoms with Gasteiger partial charge in [0.05, 0.1) is 14.2 Å². The van der Waals surface area contributed by atoms with Gasteiger partial charge in [-0.25, -0.2) is 0 Å². The smallest absolute Gasteiger partial charge is 0.165 e. The highest BCUT2D eigenvalue weighted by molar-refractivity contribution is 5.48. The highest BCUT2D eigenvalue weighted by Gasteiger charge is 2.16. The fourth-order valence-corrected chi connectivity index (χ4v) is 1.75. The van der Waals surface area contributed by atoms with Crippen molar-refractivity contribution in [1.29, 1.82) is 0 Å². The third-order valence-corrected chi connectivity index (χ3v) is 2.56. The van der Waals surface area contributed by atoms with Crippen LogP contribution in [0.1, 0.15) is 18.0 Å². The van der Waals surface area contributed by atoms with Gasteiger partial charge in [0, 0.05) is 11.6 Å². The van der Waals surface area contributed by atoms with Crippen LogP contribution in [0.5, 0.6) is 11.5 Å². The van der Waals surface area contributed by atoms with Gasteiger partial charge in [0.15, 0.2) is 11.5 Å². The second-order valence-electron chi connectivity index (χ2n) is 3.45. The maximum atomic E-state index is 5.40. The van der Waals surface area contributed by atoms with Gasteiger partial charge in [-0.2, -0.15) is 0 Å². The standard InChI is InChI=1S/C13H19NO2/c1-5-7-11(14-2)10-8-6-9-12(15-3)13(10)16-4/h5-6,8-9,11,14H,1,7H2,2-4H3. The summed E-state index contributed by atoms with van der Waals surface area (Å²) in [6.45, 7) is 3.76. The molecule has 0 spiro atoms. The molecule has 1 unspecified atom stereocenters. The van der Waals surface area contributed by atoms with Gasteiger partial charge in [0.1, 0.15) is 0 Å². The summed E-state index contributed by atoms with van der Waals surface area (Å²) in [6.07, 6.45) is 2.74. The second-order valence-corrected chi connectivity index (χ2v) is 3.45. The minimum atomic E-state index is 0.197. The van der Waals surface area contributed by atoms with Crippen LogP contribution in [0.2, 0.25) is 0 Å². The van der Waals surface area contributed by atoms with Crippen molar-refractivity contribution in [3.05, 3.63) is 36.4 Å². The summed E-state index contributed by atoms with van der Waals surface area (Å²) in [4.78, 5) is 0. The summed E-state index contributed by atoms with van der Waals surface area (Å²) >= 11 is 0. The van der Waals surface area contributed by atoms with Gasteiger partial charge < -0.3 is 14.8 Å². The average molecular weight is 221 g/mol. The van der Waals surface area contributed by atoms with Crippen molar-refractivity contribution in [2.24, 2.45) is 0 Å². The van der Waals surface area contributed by atoms with Crippen LogP contribution in [0.3, 0.4) is 0 Å². The van der Waals surface area contributed by atoms with Crippen LogP contribution < -0.4 is 14.8 Å². The largest absolute Gasteiger partial charge is 0.493 e. The molecule has 0 aliphatic rings.